The molecule has 0 aliphatic carbocycles. The Bertz CT molecular complexity index is 197. The topological polar surface area (TPSA) is 38.3 Å². The third-order valence-corrected chi connectivity index (χ3v) is 3.57. The van der Waals surface area contributed by atoms with E-state index in [1.54, 1.807) is 6.41 Å². The van der Waals surface area contributed by atoms with E-state index in [4.69, 9.17) is 4.74 Å². The van der Waals surface area contributed by atoms with E-state index in [0.29, 0.717) is 12.5 Å². The lowest BCUT2D eigenvalue weighted by Crippen LogP contribution is -2.22. The number of ether oxygens (including phenoxy) is 1. The zero-order valence-electron chi connectivity index (χ0n) is 13.6. The Labute approximate surface area is 125 Å². The summed E-state index contributed by atoms with van der Waals surface area (Å²) in [5.74, 6) is 0.375. The molecule has 1 amide bonds. The molecule has 0 aliphatic rings. The molecule has 0 heterocycles. The molecule has 1 unspecified atom stereocenters. The highest BCUT2D eigenvalue weighted by atomic mass is 16.5. The Morgan fingerprint density at radius 2 is 1.50 bits per heavy atom. The van der Waals surface area contributed by atoms with Crippen LogP contribution in [0.3, 0.4) is 0 Å². The lowest BCUT2D eigenvalue weighted by Gasteiger charge is -2.10. The average Bonchev–Trinajstić information content (AvgIpc) is 2.46. The molecule has 0 aromatic rings. The Hall–Kier alpha value is -0.570. The maximum absolute atomic E-state index is 10.0. The highest BCUT2D eigenvalue weighted by molar-refractivity contribution is 5.46. The zero-order valence-corrected chi connectivity index (χ0v) is 13.6. The highest BCUT2D eigenvalue weighted by Crippen LogP contribution is 2.10. The van der Waals surface area contributed by atoms with Crippen molar-refractivity contribution in [2.24, 2.45) is 5.92 Å². The van der Waals surface area contributed by atoms with Crippen LogP contribution in [-0.2, 0) is 9.53 Å². The largest absolute Gasteiger partial charge is 0.381 e. The fraction of sp³-hybridized carbons (Fsp3) is 0.941. The molecule has 0 fully saturated rings. The highest BCUT2D eigenvalue weighted by Gasteiger charge is 2.01. The van der Waals surface area contributed by atoms with Gasteiger partial charge in [-0.3, -0.25) is 4.79 Å². The third-order valence-electron chi connectivity index (χ3n) is 3.57. The van der Waals surface area contributed by atoms with Gasteiger partial charge in [-0.25, -0.2) is 0 Å². The molecule has 0 rings (SSSR count). The predicted octanol–water partition coefficient (Wildman–Crippen LogP) is 4.22. The van der Waals surface area contributed by atoms with E-state index in [0.717, 1.165) is 19.6 Å². The molecule has 0 aromatic heterocycles. The first-order valence-electron chi connectivity index (χ1n) is 8.49. The first-order valence-corrected chi connectivity index (χ1v) is 8.49. The second-order valence-electron chi connectivity index (χ2n) is 5.85. The van der Waals surface area contributed by atoms with Crippen molar-refractivity contribution in [3.8, 4) is 0 Å². The molecule has 3 heteroatoms. The summed E-state index contributed by atoms with van der Waals surface area (Å²) in [5.41, 5.74) is 0. The molecule has 119 valence electrons. The normalized spacial score (nSPS) is 12.3. The van der Waals surface area contributed by atoms with E-state index in [2.05, 4.69) is 19.2 Å². The first-order chi connectivity index (χ1) is 9.81. The van der Waals surface area contributed by atoms with Crippen LogP contribution >= 0.6 is 0 Å². The zero-order chi connectivity index (χ0) is 14.9. The maximum Gasteiger partial charge on any atom is 0.309 e. The minimum absolute atomic E-state index is 0.375. The lowest BCUT2D eigenvalue weighted by molar-refractivity contribution is 0.102. The first kappa shape index (κ1) is 19.4. The number of hydrogen-bond acceptors (Lipinski definition) is 2. The van der Waals surface area contributed by atoms with Gasteiger partial charge in [0.25, 0.3) is 0 Å². The average molecular weight is 284 g/mol. The molecule has 1 N–H and O–H groups in total. The van der Waals surface area contributed by atoms with Crippen LogP contribution in [0.1, 0.15) is 78.1 Å². The minimum Gasteiger partial charge on any atom is -0.381 e. The van der Waals surface area contributed by atoms with Crippen LogP contribution in [0.4, 0.5) is 0 Å². The standard InChI is InChI=1S/C17H34NO2/c1-3-4-5-6-7-8-9-10-11-12-13-20-15-17(2)14-18-16-19/h17H,3-15H2,1-2H3,(H,18,19). The Morgan fingerprint density at radius 1 is 0.950 bits per heavy atom. The number of rotatable bonds is 16. The molecule has 0 saturated heterocycles. The molecular weight excluding hydrogens is 250 g/mol. The Morgan fingerprint density at radius 3 is 2.05 bits per heavy atom. The van der Waals surface area contributed by atoms with Crippen molar-refractivity contribution >= 4 is 6.41 Å². The van der Waals surface area contributed by atoms with Crippen molar-refractivity contribution in [2.75, 3.05) is 19.8 Å². The number of unbranched alkanes of at least 4 members (excludes halogenated alkanes) is 9. The summed E-state index contributed by atoms with van der Waals surface area (Å²) < 4.78 is 5.59. The Kier molecular flexibility index (Phi) is 16.0. The van der Waals surface area contributed by atoms with E-state index in [9.17, 15) is 4.79 Å². The second kappa shape index (κ2) is 16.5. The van der Waals surface area contributed by atoms with E-state index in [1.807, 2.05) is 0 Å². The summed E-state index contributed by atoms with van der Waals surface area (Å²) in [6.07, 6.45) is 15.2. The monoisotopic (exact) mass is 284 g/mol. The van der Waals surface area contributed by atoms with E-state index in [1.165, 1.54) is 57.8 Å². The van der Waals surface area contributed by atoms with Crippen molar-refractivity contribution in [2.45, 2.75) is 78.1 Å². The summed E-state index contributed by atoms with van der Waals surface area (Å²) in [7, 11) is 0. The van der Waals surface area contributed by atoms with Gasteiger partial charge in [-0.05, 0) is 12.3 Å². The van der Waals surface area contributed by atoms with Crippen LogP contribution in [0.15, 0.2) is 0 Å². The van der Waals surface area contributed by atoms with Crippen molar-refractivity contribution in [3.05, 3.63) is 0 Å². The van der Waals surface area contributed by atoms with Gasteiger partial charge in [0.2, 0.25) is 0 Å². The predicted molar refractivity (Wildman–Crippen MR) is 85.5 cm³/mol. The van der Waals surface area contributed by atoms with Crippen molar-refractivity contribution in [1.82, 2.24) is 5.32 Å². The number of nitrogens with one attached hydrogen (secondary N) is 1. The fourth-order valence-corrected chi connectivity index (χ4v) is 2.25. The van der Waals surface area contributed by atoms with E-state index in [-0.39, 0.29) is 0 Å². The summed E-state index contributed by atoms with van der Waals surface area (Å²) in [6, 6.07) is 0. The van der Waals surface area contributed by atoms with Gasteiger partial charge in [0.15, 0.2) is 0 Å². The van der Waals surface area contributed by atoms with Crippen molar-refractivity contribution in [3.63, 3.8) is 0 Å². The molecule has 0 bridgehead atoms. The van der Waals surface area contributed by atoms with Crippen molar-refractivity contribution < 1.29 is 9.53 Å². The van der Waals surface area contributed by atoms with Gasteiger partial charge in [0.05, 0.1) is 6.61 Å². The van der Waals surface area contributed by atoms with Crippen LogP contribution in [0.2, 0.25) is 0 Å². The third kappa shape index (κ3) is 15.5. The molecular formula is C17H34NO2. The summed E-state index contributed by atoms with van der Waals surface area (Å²) >= 11 is 0. The number of hydrogen-bond donors (Lipinski definition) is 1. The molecule has 0 spiro atoms. The molecule has 0 aliphatic heterocycles. The summed E-state index contributed by atoms with van der Waals surface area (Å²) in [5, 5.41) is 2.56. The van der Waals surface area contributed by atoms with Gasteiger partial charge in [-0.1, -0.05) is 71.6 Å². The number of amides is 1. The molecule has 1 atom stereocenters. The minimum atomic E-state index is 0.375. The van der Waals surface area contributed by atoms with Gasteiger partial charge in [-0.15, -0.1) is 0 Å². The number of carbonyl (C=O) groups excluding carboxylic acids is 1. The SMILES string of the molecule is CCCCCCCCCCCCOCC(C)CN[C]=O. The molecule has 20 heavy (non-hydrogen) atoms. The lowest BCUT2D eigenvalue weighted by atomic mass is 10.1. The van der Waals surface area contributed by atoms with Gasteiger partial charge in [-0.2, -0.15) is 0 Å². The van der Waals surface area contributed by atoms with Crippen LogP contribution in [0.25, 0.3) is 0 Å². The molecule has 0 saturated carbocycles. The molecule has 1 radical (unpaired) electrons. The summed E-state index contributed by atoms with van der Waals surface area (Å²) in [6.45, 7) is 6.57. The van der Waals surface area contributed by atoms with Crippen LogP contribution in [0.5, 0.6) is 0 Å². The van der Waals surface area contributed by atoms with Gasteiger partial charge in [0, 0.05) is 13.2 Å². The van der Waals surface area contributed by atoms with Crippen molar-refractivity contribution in [1.29, 1.82) is 0 Å². The van der Waals surface area contributed by atoms with Gasteiger partial charge in [0.1, 0.15) is 0 Å². The van der Waals surface area contributed by atoms with Gasteiger partial charge < -0.3 is 10.1 Å². The van der Waals surface area contributed by atoms with Crippen LogP contribution < -0.4 is 5.32 Å². The summed E-state index contributed by atoms with van der Waals surface area (Å²) in [4.78, 5) is 10.0. The van der Waals surface area contributed by atoms with E-state index >= 15 is 0 Å². The van der Waals surface area contributed by atoms with Gasteiger partial charge >= 0.3 is 6.41 Å². The smallest absolute Gasteiger partial charge is 0.309 e. The van der Waals surface area contributed by atoms with E-state index < -0.39 is 0 Å². The second-order valence-corrected chi connectivity index (χ2v) is 5.85. The molecule has 3 nitrogen and oxygen atoms in total. The Balaban J connectivity index is 3.04. The molecule has 0 aromatic carbocycles. The quantitative estimate of drug-likeness (QED) is 0.340. The van der Waals surface area contributed by atoms with Crippen LogP contribution in [-0.4, -0.2) is 26.2 Å². The fourth-order valence-electron chi connectivity index (χ4n) is 2.25. The maximum atomic E-state index is 10.0. The van der Waals surface area contributed by atoms with Crippen LogP contribution in [0, 0.1) is 5.92 Å².